The zero-order valence-corrected chi connectivity index (χ0v) is 15.9. The fourth-order valence-corrected chi connectivity index (χ4v) is 3.00. The Labute approximate surface area is 149 Å². The van der Waals surface area contributed by atoms with E-state index in [1.807, 2.05) is 40.7 Å². The zero-order chi connectivity index (χ0) is 18.8. The number of aryl methyl sites for hydroxylation is 2. The lowest BCUT2D eigenvalue weighted by atomic mass is 9.92. The van der Waals surface area contributed by atoms with Crippen molar-refractivity contribution >= 4 is 11.8 Å². The summed E-state index contributed by atoms with van der Waals surface area (Å²) in [5, 5.41) is 17.5. The number of aliphatic hydroxyl groups is 1. The molecule has 2 N–H and O–H groups in total. The third-order valence-electron chi connectivity index (χ3n) is 5.00. The molecule has 0 aromatic carbocycles. The number of hydrogen-bond donors (Lipinski definition) is 2. The molecule has 2 heterocycles. The molecule has 2 rings (SSSR count). The van der Waals surface area contributed by atoms with Gasteiger partial charge in [-0.1, -0.05) is 6.92 Å². The second kappa shape index (κ2) is 7.56. The first-order chi connectivity index (χ1) is 11.6. The molecular weight excluding hydrogens is 320 g/mol. The van der Waals surface area contributed by atoms with E-state index in [1.54, 1.807) is 9.58 Å². The predicted octanol–water partition coefficient (Wildman–Crippen LogP) is 1.01. The van der Waals surface area contributed by atoms with E-state index in [1.165, 1.54) is 0 Å². The maximum absolute atomic E-state index is 12.6. The summed E-state index contributed by atoms with van der Waals surface area (Å²) in [5.74, 6) is -0.863. The van der Waals surface area contributed by atoms with Gasteiger partial charge in [0.2, 0.25) is 11.8 Å². The Morgan fingerprint density at radius 2 is 2.08 bits per heavy atom. The number of carbonyl (C=O) groups excluding carboxylic acids is 2. The molecule has 0 aliphatic carbocycles. The number of carbonyl (C=O) groups is 2. The van der Waals surface area contributed by atoms with Crippen molar-refractivity contribution < 1.29 is 14.7 Å². The first-order valence-corrected chi connectivity index (χ1v) is 8.92. The fraction of sp³-hybridized carbons (Fsp3) is 0.722. The van der Waals surface area contributed by atoms with Crippen LogP contribution < -0.4 is 5.32 Å². The van der Waals surface area contributed by atoms with Crippen LogP contribution in [0.15, 0.2) is 6.07 Å². The van der Waals surface area contributed by atoms with Gasteiger partial charge in [0.05, 0.1) is 17.7 Å². The van der Waals surface area contributed by atoms with Crippen LogP contribution in [0.2, 0.25) is 0 Å². The van der Waals surface area contributed by atoms with Gasteiger partial charge in [-0.2, -0.15) is 5.10 Å². The number of aliphatic hydroxyl groups excluding tert-OH is 1. The Morgan fingerprint density at radius 1 is 1.40 bits per heavy atom. The van der Waals surface area contributed by atoms with Crippen molar-refractivity contribution in [3.63, 3.8) is 0 Å². The van der Waals surface area contributed by atoms with Crippen LogP contribution in [0.4, 0.5) is 0 Å². The molecule has 7 nitrogen and oxygen atoms in total. The van der Waals surface area contributed by atoms with Crippen LogP contribution >= 0.6 is 0 Å². The molecule has 25 heavy (non-hydrogen) atoms. The quantitative estimate of drug-likeness (QED) is 0.830. The normalized spacial score (nSPS) is 21.3. The van der Waals surface area contributed by atoms with E-state index in [0.29, 0.717) is 13.0 Å². The molecule has 1 aromatic heterocycles. The highest BCUT2D eigenvalue weighted by atomic mass is 16.3. The number of aromatic nitrogens is 2. The van der Waals surface area contributed by atoms with Crippen LogP contribution in [0.1, 0.15) is 45.0 Å². The summed E-state index contributed by atoms with van der Waals surface area (Å²) in [6.45, 7) is 10.6. The fourth-order valence-electron chi connectivity index (χ4n) is 3.00. The number of nitrogens with zero attached hydrogens (tertiary/aromatic N) is 3. The van der Waals surface area contributed by atoms with E-state index in [4.69, 9.17) is 0 Å². The lowest BCUT2D eigenvalue weighted by Crippen LogP contribution is -2.55. The summed E-state index contributed by atoms with van der Waals surface area (Å²) in [6, 6.07) is 1.93. The number of amides is 2. The smallest absolute Gasteiger partial charge is 0.244 e. The standard InChI is InChI=1S/C18H30N4O3/c1-6-18(4,5)19-17(25)14-10-21(8-7-15(14)23)16(24)11-22-13(3)9-12(2)20-22/h9,14-15,23H,6-8,10-11H2,1-5H3,(H,19,25)/t14-,15+/m0/s1. The highest BCUT2D eigenvalue weighted by Crippen LogP contribution is 2.20. The van der Waals surface area contributed by atoms with Crippen LogP contribution in [0, 0.1) is 19.8 Å². The second-order valence-corrected chi connectivity index (χ2v) is 7.61. The van der Waals surface area contributed by atoms with Gasteiger partial charge in [0.1, 0.15) is 6.54 Å². The largest absolute Gasteiger partial charge is 0.392 e. The second-order valence-electron chi connectivity index (χ2n) is 7.61. The van der Waals surface area contributed by atoms with Gasteiger partial charge in [0, 0.05) is 24.3 Å². The van der Waals surface area contributed by atoms with Crippen molar-refractivity contribution in [2.75, 3.05) is 13.1 Å². The molecule has 0 bridgehead atoms. The van der Waals surface area contributed by atoms with Crippen LogP contribution in [0.25, 0.3) is 0 Å². The molecule has 1 aliphatic rings. The first kappa shape index (κ1) is 19.4. The van der Waals surface area contributed by atoms with Gasteiger partial charge < -0.3 is 15.3 Å². The van der Waals surface area contributed by atoms with Crippen LogP contribution in [-0.4, -0.2) is 56.3 Å². The lowest BCUT2D eigenvalue weighted by Gasteiger charge is -2.37. The summed E-state index contributed by atoms with van der Waals surface area (Å²) in [5.41, 5.74) is 1.48. The SMILES string of the molecule is CCC(C)(C)NC(=O)[C@H]1CN(C(=O)Cn2nc(C)cc2C)CC[C@H]1O. The van der Waals surface area contributed by atoms with Gasteiger partial charge in [-0.25, -0.2) is 0 Å². The van der Waals surface area contributed by atoms with Gasteiger partial charge in [-0.3, -0.25) is 14.3 Å². The van der Waals surface area contributed by atoms with Crippen LogP contribution in [-0.2, 0) is 16.1 Å². The molecule has 1 aliphatic heterocycles. The van der Waals surface area contributed by atoms with E-state index >= 15 is 0 Å². The zero-order valence-electron chi connectivity index (χ0n) is 15.9. The summed E-state index contributed by atoms with van der Waals surface area (Å²) in [4.78, 5) is 26.8. The third kappa shape index (κ3) is 4.81. The van der Waals surface area contributed by atoms with Gasteiger partial charge in [0.15, 0.2) is 0 Å². The Hall–Kier alpha value is -1.89. The van der Waals surface area contributed by atoms with Gasteiger partial charge >= 0.3 is 0 Å². The Balaban J connectivity index is 2.02. The Morgan fingerprint density at radius 3 is 2.64 bits per heavy atom. The van der Waals surface area contributed by atoms with Crippen LogP contribution in [0.5, 0.6) is 0 Å². The maximum atomic E-state index is 12.6. The molecule has 1 fully saturated rings. The van der Waals surface area contributed by atoms with Gasteiger partial charge in [-0.05, 0) is 46.6 Å². The van der Waals surface area contributed by atoms with Gasteiger partial charge in [-0.15, -0.1) is 0 Å². The lowest BCUT2D eigenvalue weighted by molar-refractivity contribution is -0.141. The minimum Gasteiger partial charge on any atom is -0.392 e. The minimum atomic E-state index is -0.717. The molecule has 1 aromatic rings. The van der Waals surface area contributed by atoms with Crippen molar-refractivity contribution in [3.05, 3.63) is 17.5 Å². The molecular formula is C18H30N4O3. The average Bonchev–Trinajstić information content (AvgIpc) is 2.84. The van der Waals surface area contributed by atoms with Gasteiger partial charge in [0.25, 0.3) is 0 Å². The number of piperidine rings is 1. The highest BCUT2D eigenvalue weighted by Gasteiger charge is 2.36. The summed E-state index contributed by atoms with van der Waals surface area (Å²) in [7, 11) is 0. The Kier molecular flexibility index (Phi) is 5.87. The van der Waals surface area contributed by atoms with E-state index in [9.17, 15) is 14.7 Å². The van der Waals surface area contributed by atoms with E-state index < -0.39 is 12.0 Å². The number of nitrogens with one attached hydrogen (secondary N) is 1. The van der Waals surface area contributed by atoms with Crippen molar-refractivity contribution in [1.82, 2.24) is 20.0 Å². The minimum absolute atomic E-state index is 0.0781. The number of hydrogen-bond acceptors (Lipinski definition) is 4. The molecule has 140 valence electrons. The number of rotatable bonds is 5. The van der Waals surface area contributed by atoms with Crippen molar-refractivity contribution in [2.24, 2.45) is 5.92 Å². The van der Waals surface area contributed by atoms with E-state index in [2.05, 4.69) is 10.4 Å². The topological polar surface area (TPSA) is 87.5 Å². The van der Waals surface area contributed by atoms with Crippen molar-refractivity contribution in [1.29, 1.82) is 0 Å². The molecule has 0 saturated carbocycles. The average molecular weight is 350 g/mol. The molecule has 0 radical (unpaired) electrons. The van der Waals surface area contributed by atoms with Crippen molar-refractivity contribution in [3.8, 4) is 0 Å². The third-order valence-corrected chi connectivity index (χ3v) is 5.00. The number of likely N-dealkylation sites (tertiary alicyclic amines) is 1. The molecule has 0 spiro atoms. The Bertz CT molecular complexity index is 638. The summed E-state index contributed by atoms with van der Waals surface area (Å²) < 4.78 is 1.68. The predicted molar refractivity (Wildman–Crippen MR) is 94.9 cm³/mol. The highest BCUT2D eigenvalue weighted by molar-refractivity contribution is 5.82. The van der Waals surface area contributed by atoms with Crippen molar-refractivity contribution in [2.45, 2.75) is 65.6 Å². The molecule has 7 heteroatoms. The maximum Gasteiger partial charge on any atom is 0.244 e. The van der Waals surface area contributed by atoms with Crippen LogP contribution in [0.3, 0.4) is 0 Å². The summed E-state index contributed by atoms with van der Waals surface area (Å²) >= 11 is 0. The van der Waals surface area contributed by atoms with E-state index in [0.717, 1.165) is 17.8 Å². The molecule has 0 unspecified atom stereocenters. The molecule has 1 saturated heterocycles. The van der Waals surface area contributed by atoms with E-state index in [-0.39, 0.29) is 30.4 Å². The summed E-state index contributed by atoms with van der Waals surface area (Å²) in [6.07, 6.45) is 0.487. The monoisotopic (exact) mass is 350 g/mol. The molecule has 2 amide bonds. The first-order valence-electron chi connectivity index (χ1n) is 8.92. The molecule has 2 atom stereocenters.